The molecule has 1 spiro atoms. The van der Waals surface area contributed by atoms with Crippen LogP contribution >= 0.6 is 0 Å². The zero-order chi connectivity index (χ0) is 16.7. The summed E-state index contributed by atoms with van der Waals surface area (Å²) in [5, 5.41) is 0. The predicted octanol–water partition coefficient (Wildman–Crippen LogP) is 3.79. The number of piperidine rings is 1. The van der Waals surface area contributed by atoms with Gasteiger partial charge in [-0.2, -0.15) is 13.2 Å². The number of likely N-dealkylation sites (tertiary alicyclic amines) is 1. The second-order valence-electron chi connectivity index (χ2n) is 6.76. The minimum absolute atomic E-state index is 0.0638. The Morgan fingerprint density at radius 1 is 1.26 bits per heavy atom. The molecular formula is C17H20F3NO2. The number of benzene rings is 1. The van der Waals surface area contributed by atoms with Gasteiger partial charge in [-0.3, -0.25) is 4.79 Å². The maximum atomic E-state index is 12.8. The summed E-state index contributed by atoms with van der Waals surface area (Å²) in [4.78, 5) is 12.5. The molecule has 0 aromatic heterocycles. The van der Waals surface area contributed by atoms with Crippen molar-refractivity contribution < 1.29 is 22.7 Å². The van der Waals surface area contributed by atoms with Crippen LogP contribution in [0.4, 0.5) is 13.2 Å². The van der Waals surface area contributed by atoms with Gasteiger partial charge in [0.25, 0.3) is 0 Å². The largest absolute Gasteiger partial charge is 0.490 e. The molecule has 6 heteroatoms. The molecule has 0 atom stereocenters. The first-order valence-electron chi connectivity index (χ1n) is 7.85. The number of rotatable bonds is 3. The van der Waals surface area contributed by atoms with Gasteiger partial charge in [-0.15, -0.1) is 0 Å². The van der Waals surface area contributed by atoms with Crippen LogP contribution in [0.2, 0.25) is 0 Å². The molecule has 0 unspecified atom stereocenters. The lowest BCUT2D eigenvalue weighted by Gasteiger charge is -2.51. The molecule has 1 heterocycles. The van der Waals surface area contributed by atoms with Gasteiger partial charge in [-0.05, 0) is 61.8 Å². The normalized spacial score (nSPS) is 21.1. The second-order valence-corrected chi connectivity index (χ2v) is 6.76. The number of hydrogen-bond donors (Lipinski definition) is 0. The summed E-state index contributed by atoms with van der Waals surface area (Å²) in [6, 6.07) is 3.94. The molecule has 1 aliphatic carbocycles. The molecule has 1 amide bonds. The van der Waals surface area contributed by atoms with Crippen LogP contribution in [0.15, 0.2) is 18.2 Å². The van der Waals surface area contributed by atoms with Crippen LogP contribution in [0.5, 0.6) is 5.75 Å². The third-order valence-electron chi connectivity index (χ3n) is 5.14. The van der Waals surface area contributed by atoms with E-state index in [0.29, 0.717) is 5.75 Å². The maximum Gasteiger partial charge on any atom is 0.416 e. The number of halogens is 3. The molecule has 0 bridgehead atoms. The highest BCUT2D eigenvalue weighted by Gasteiger charge is 2.47. The molecule has 1 aliphatic heterocycles. The minimum atomic E-state index is -4.32. The molecular weight excluding hydrogens is 307 g/mol. The Morgan fingerprint density at radius 3 is 2.43 bits per heavy atom. The van der Waals surface area contributed by atoms with Crippen LogP contribution in [0.1, 0.15) is 36.8 Å². The van der Waals surface area contributed by atoms with E-state index in [1.165, 1.54) is 19.1 Å². The van der Waals surface area contributed by atoms with E-state index < -0.39 is 11.7 Å². The number of ether oxygens (including phenoxy) is 1. The van der Waals surface area contributed by atoms with Crippen molar-refractivity contribution in [2.24, 2.45) is 5.41 Å². The van der Waals surface area contributed by atoms with Crippen molar-refractivity contribution >= 4 is 6.41 Å². The molecule has 1 aromatic rings. The molecule has 23 heavy (non-hydrogen) atoms. The Hall–Kier alpha value is -1.72. The molecule has 1 aromatic carbocycles. The van der Waals surface area contributed by atoms with Crippen LogP contribution in [0.3, 0.4) is 0 Å². The van der Waals surface area contributed by atoms with Gasteiger partial charge in [0.1, 0.15) is 5.75 Å². The number of aryl methyl sites for hydroxylation is 1. The van der Waals surface area contributed by atoms with Gasteiger partial charge in [0.05, 0.1) is 11.7 Å². The average Bonchev–Trinajstić information content (AvgIpc) is 2.45. The van der Waals surface area contributed by atoms with Crippen LogP contribution in [-0.4, -0.2) is 30.5 Å². The summed E-state index contributed by atoms with van der Waals surface area (Å²) >= 11 is 0. The summed E-state index contributed by atoms with van der Waals surface area (Å²) < 4.78 is 44.1. The van der Waals surface area contributed by atoms with E-state index in [0.717, 1.165) is 51.2 Å². The van der Waals surface area contributed by atoms with E-state index in [4.69, 9.17) is 4.74 Å². The SMILES string of the molecule is Cc1cc(OC2CC3(CCN(C=O)CC3)C2)ccc1C(F)(F)F. The first-order valence-corrected chi connectivity index (χ1v) is 7.85. The zero-order valence-corrected chi connectivity index (χ0v) is 13.0. The monoisotopic (exact) mass is 327 g/mol. The lowest BCUT2D eigenvalue weighted by molar-refractivity contribution is -0.138. The third kappa shape index (κ3) is 3.31. The predicted molar refractivity (Wildman–Crippen MR) is 79.1 cm³/mol. The van der Waals surface area contributed by atoms with Crippen LogP contribution < -0.4 is 4.74 Å². The highest BCUT2D eigenvalue weighted by molar-refractivity contribution is 5.47. The first kappa shape index (κ1) is 16.1. The summed E-state index contributed by atoms with van der Waals surface area (Å²) in [7, 11) is 0. The lowest BCUT2D eigenvalue weighted by Crippen LogP contribution is -2.50. The van der Waals surface area contributed by atoms with Crippen molar-refractivity contribution in [3.05, 3.63) is 29.3 Å². The average molecular weight is 327 g/mol. The molecule has 2 aliphatic rings. The quantitative estimate of drug-likeness (QED) is 0.791. The number of nitrogens with zero attached hydrogens (tertiary/aromatic N) is 1. The summed E-state index contributed by atoms with van der Waals surface area (Å²) in [5.74, 6) is 0.501. The van der Waals surface area contributed by atoms with Crippen LogP contribution in [0.25, 0.3) is 0 Å². The highest BCUT2D eigenvalue weighted by atomic mass is 19.4. The van der Waals surface area contributed by atoms with E-state index in [9.17, 15) is 18.0 Å². The molecule has 3 rings (SSSR count). The standard InChI is InChI=1S/C17H20F3NO2/c1-12-8-13(2-3-15(12)17(18,19)20)23-14-9-16(10-14)4-6-21(11-22)7-5-16/h2-3,8,11,14H,4-7,9-10H2,1H3. The topological polar surface area (TPSA) is 29.5 Å². The fourth-order valence-corrected chi connectivity index (χ4v) is 3.72. The fourth-order valence-electron chi connectivity index (χ4n) is 3.72. The van der Waals surface area contributed by atoms with Gasteiger partial charge in [0, 0.05) is 13.1 Å². The molecule has 1 saturated carbocycles. The van der Waals surface area contributed by atoms with Gasteiger partial charge < -0.3 is 9.64 Å². The number of hydrogen-bond acceptors (Lipinski definition) is 2. The number of carbonyl (C=O) groups excluding carboxylic acids is 1. The maximum absolute atomic E-state index is 12.8. The Balaban J connectivity index is 1.56. The Labute approximate surface area is 133 Å². The molecule has 126 valence electrons. The van der Waals surface area contributed by atoms with Gasteiger partial charge in [0.2, 0.25) is 6.41 Å². The Bertz CT molecular complexity index is 584. The van der Waals surface area contributed by atoms with Gasteiger partial charge in [-0.1, -0.05) is 0 Å². The summed E-state index contributed by atoms with van der Waals surface area (Å²) in [6.07, 6.45) is 0.434. The smallest absolute Gasteiger partial charge is 0.416 e. The molecule has 1 saturated heterocycles. The fraction of sp³-hybridized carbons (Fsp3) is 0.588. The summed E-state index contributed by atoms with van der Waals surface area (Å²) in [6.45, 7) is 3.03. The Kier molecular flexibility index (Phi) is 4.02. The number of alkyl halides is 3. The Morgan fingerprint density at radius 2 is 1.91 bits per heavy atom. The van der Waals surface area contributed by atoms with Crippen LogP contribution in [0, 0.1) is 12.3 Å². The number of carbonyl (C=O) groups is 1. The van der Waals surface area contributed by atoms with E-state index >= 15 is 0 Å². The van der Waals surface area contributed by atoms with Crippen molar-refractivity contribution in [3.63, 3.8) is 0 Å². The van der Waals surface area contributed by atoms with Gasteiger partial charge in [0.15, 0.2) is 0 Å². The lowest BCUT2D eigenvalue weighted by atomic mass is 9.61. The molecule has 2 fully saturated rings. The van der Waals surface area contributed by atoms with Gasteiger partial charge in [-0.25, -0.2) is 0 Å². The third-order valence-corrected chi connectivity index (χ3v) is 5.14. The van der Waals surface area contributed by atoms with E-state index in [-0.39, 0.29) is 17.1 Å². The van der Waals surface area contributed by atoms with Gasteiger partial charge >= 0.3 is 6.18 Å². The highest BCUT2D eigenvalue weighted by Crippen LogP contribution is 2.50. The van der Waals surface area contributed by atoms with Crippen molar-refractivity contribution in [1.29, 1.82) is 0 Å². The van der Waals surface area contributed by atoms with Crippen molar-refractivity contribution in [2.45, 2.75) is 44.9 Å². The van der Waals surface area contributed by atoms with Crippen molar-refractivity contribution in [3.8, 4) is 5.75 Å². The van der Waals surface area contributed by atoms with Crippen molar-refractivity contribution in [1.82, 2.24) is 4.90 Å². The van der Waals surface area contributed by atoms with E-state index in [1.807, 2.05) is 0 Å². The van der Waals surface area contributed by atoms with E-state index in [2.05, 4.69) is 0 Å². The van der Waals surface area contributed by atoms with Crippen LogP contribution in [-0.2, 0) is 11.0 Å². The number of amides is 1. The first-order chi connectivity index (χ1) is 10.8. The second kappa shape index (κ2) is 5.73. The molecule has 0 N–H and O–H groups in total. The molecule has 0 radical (unpaired) electrons. The minimum Gasteiger partial charge on any atom is -0.490 e. The molecule has 3 nitrogen and oxygen atoms in total. The summed E-state index contributed by atoms with van der Waals surface area (Å²) in [5.41, 5.74) is -0.176. The zero-order valence-electron chi connectivity index (χ0n) is 13.0. The van der Waals surface area contributed by atoms with E-state index in [1.54, 1.807) is 4.90 Å². The van der Waals surface area contributed by atoms with Crippen molar-refractivity contribution in [2.75, 3.05) is 13.1 Å².